The number of unbranched alkanes of at least 4 members (excludes halogenated alkanes) is 2. The van der Waals surface area contributed by atoms with Gasteiger partial charge in [-0.3, -0.25) is 0 Å². The van der Waals surface area contributed by atoms with Gasteiger partial charge in [-0.1, -0.05) is 111 Å². The van der Waals surface area contributed by atoms with Crippen LogP contribution >= 0.6 is 7.26 Å². The molecule has 0 amide bonds. The average Bonchev–Trinajstić information content (AvgIpc) is 2.98. The van der Waals surface area contributed by atoms with E-state index in [0.717, 1.165) is 18.0 Å². The molecule has 0 saturated heterocycles. The lowest BCUT2D eigenvalue weighted by molar-refractivity contribution is -0.00000744. The largest absolute Gasteiger partial charge is 1.00 e. The third-order valence-corrected chi connectivity index (χ3v) is 12.9. The topological polar surface area (TPSA) is 0 Å². The Labute approximate surface area is 242 Å². The fourth-order valence-electron chi connectivity index (χ4n) is 6.41. The van der Waals surface area contributed by atoms with Crippen molar-refractivity contribution >= 4 is 23.2 Å². The fourth-order valence-corrected chi connectivity index (χ4v) is 10.6. The van der Waals surface area contributed by atoms with Gasteiger partial charge in [-0.15, -0.1) is 0 Å². The SMILES string of the molecule is CCCCC[C@H]1CC[C@H](c2ccc(C[P+](c3ccccc3)(c3ccccc3)c3ccccc3)cc2)CC1.[Br-]. The lowest BCUT2D eigenvalue weighted by Crippen LogP contribution is -3.00. The van der Waals surface area contributed by atoms with Crippen LogP contribution in [0.3, 0.4) is 0 Å². The van der Waals surface area contributed by atoms with Crippen molar-refractivity contribution < 1.29 is 17.0 Å². The van der Waals surface area contributed by atoms with Gasteiger partial charge in [0.2, 0.25) is 0 Å². The molecule has 0 nitrogen and oxygen atoms in total. The van der Waals surface area contributed by atoms with Crippen LogP contribution in [0.25, 0.3) is 0 Å². The van der Waals surface area contributed by atoms with E-state index in [1.54, 1.807) is 5.56 Å². The second-order valence-electron chi connectivity index (χ2n) is 10.9. The normalized spacial score (nSPS) is 17.5. The number of benzene rings is 4. The Balaban J connectivity index is 0.00000336. The first kappa shape index (κ1) is 28.8. The molecular formula is C36H42BrP. The summed E-state index contributed by atoms with van der Waals surface area (Å²) in [5, 5.41) is 4.37. The van der Waals surface area contributed by atoms with Crippen LogP contribution in [0.4, 0.5) is 0 Å². The van der Waals surface area contributed by atoms with Gasteiger partial charge in [-0.2, -0.15) is 0 Å². The van der Waals surface area contributed by atoms with E-state index in [4.69, 9.17) is 0 Å². The van der Waals surface area contributed by atoms with Gasteiger partial charge in [0.1, 0.15) is 23.2 Å². The maximum atomic E-state index is 2.45. The highest BCUT2D eigenvalue weighted by atomic mass is 79.9. The zero-order valence-corrected chi connectivity index (χ0v) is 25.3. The molecule has 0 heterocycles. The molecule has 5 rings (SSSR count). The molecule has 198 valence electrons. The lowest BCUT2D eigenvalue weighted by atomic mass is 9.77. The molecule has 4 aromatic rings. The first-order chi connectivity index (χ1) is 18.3. The molecule has 1 saturated carbocycles. The van der Waals surface area contributed by atoms with Crippen LogP contribution < -0.4 is 32.9 Å². The summed E-state index contributed by atoms with van der Waals surface area (Å²) < 4.78 is 0. The summed E-state index contributed by atoms with van der Waals surface area (Å²) in [6, 6.07) is 43.5. The Morgan fingerprint density at radius 3 is 1.50 bits per heavy atom. The van der Waals surface area contributed by atoms with Gasteiger partial charge in [0.05, 0.1) is 6.16 Å². The van der Waals surface area contributed by atoms with Crippen molar-refractivity contribution in [3.8, 4) is 0 Å². The minimum atomic E-state index is -1.84. The number of halogens is 1. The van der Waals surface area contributed by atoms with Crippen molar-refractivity contribution in [2.75, 3.05) is 0 Å². The maximum Gasteiger partial charge on any atom is 0.116 e. The van der Waals surface area contributed by atoms with Crippen LogP contribution in [-0.4, -0.2) is 0 Å². The minimum absolute atomic E-state index is 0. The zero-order valence-electron chi connectivity index (χ0n) is 22.8. The van der Waals surface area contributed by atoms with E-state index < -0.39 is 7.26 Å². The molecule has 1 aliphatic carbocycles. The quantitative estimate of drug-likeness (QED) is 0.157. The van der Waals surface area contributed by atoms with E-state index in [-0.39, 0.29) is 17.0 Å². The molecule has 1 fully saturated rings. The van der Waals surface area contributed by atoms with Gasteiger partial charge in [-0.25, -0.2) is 0 Å². The third-order valence-electron chi connectivity index (χ3n) is 8.52. The summed E-state index contributed by atoms with van der Waals surface area (Å²) in [4.78, 5) is 0. The lowest BCUT2D eigenvalue weighted by Gasteiger charge is -2.29. The van der Waals surface area contributed by atoms with Crippen molar-refractivity contribution in [2.45, 2.75) is 70.4 Å². The van der Waals surface area contributed by atoms with E-state index in [1.807, 2.05) is 0 Å². The van der Waals surface area contributed by atoms with E-state index >= 15 is 0 Å². The van der Waals surface area contributed by atoms with Gasteiger partial charge >= 0.3 is 0 Å². The van der Waals surface area contributed by atoms with E-state index in [0.29, 0.717) is 0 Å². The highest BCUT2D eigenvalue weighted by molar-refractivity contribution is 7.95. The average molecular weight is 586 g/mol. The maximum absolute atomic E-state index is 2.45. The van der Waals surface area contributed by atoms with Crippen LogP contribution in [-0.2, 0) is 6.16 Å². The van der Waals surface area contributed by atoms with Gasteiger partial charge in [0.15, 0.2) is 0 Å². The molecule has 0 unspecified atom stereocenters. The van der Waals surface area contributed by atoms with Gasteiger partial charge < -0.3 is 17.0 Å². The summed E-state index contributed by atoms with van der Waals surface area (Å²) in [6.45, 7) is 2.31. The van der Waals surface area contributed by atoms with E-state index in [2.05, 4.69) is 122 Å². The van der Waals surface area contributed by atoms with Crippen LogP contribution in [0, 0.1) is 5.92 Å². The standard InChI is InChI=1S/C36H42P.BrH/c1-2-3-7-14-30-21-25-32(26-22-30)33-27-23-31(24-28-33)29-37(34-15-8-4-9-16-34,35-17-10-5-11-18-35)36-19-12-6-13-20-36;/h4-6,8-13,15-20,23-24,27-28,30,32H,2-3,7,14,21-22,25-26,29H2,1H3;1H/q+1;/p-1/t30-,32-;. The van der Waals surface area contributed by atoms with Crippen molar-refractivity contribution in [3.05, 3.63) is 126 Å². The molecular weight excluding hydrogens is 543 g/mol. The van der Waals surface area contributed by atoms with E-state index in [1.165, 1.54) is 72.8 Å². The highest BCUT2D eigenvalue weighted by Gasteiger charge is 2.45. The number of hydrogen-bond donors (Lipinski definition) is 0. The molecule has 0 bridgehead atoms. The van der Waals surface area contributed by atoms with Crippen LogP contribution in [0.5, 0.6) is 0 Å². The van der Waals surface area contributed by atoms with Crippen molar-refractivity contribution in [2.24, 2.45) is 5.92 Å². The smallest absolute Gasteiger partial charge is 0.116 e. The van der Waals surface area contributed by atoms with Crippen molar-refractivity contribution in [1.82, 2.24) is 0 Å². The Kier molecular flexibility index (Phi) is 10.8. The Morgan fingerprint density at radius 2 is 1.05 bits per heavy atom. The summed E-state index contributed by atoms with van der Waals surface area (Å²) in [5.74, 6) is 1.71. The Hall–Kier alpha value is -2.21. The third kappa shape index (κ3) is 6.67. The predicted molar refractivity (Wildman–Crippen MR) is 164 cm³/mol. The Morgan fingerprint density at radius 1 is 0.579 bits per heavy atom. The highest BCUT2D eigenvalue weighted by Crippen LogP contribution is 2.58. The zero-order chi connectivity index (χ0) is 25.3. The first-order valence-electron chi connectivity index (χ1n) is 14.4. The molecule has 0 radical (unpaired) electrons. The first-order valence-corrected chi connectivity index (χ1v) is 16.4. The molecule has 2 heteroatoms. The molecule has 38 heavy (non-hydrogen) atoms. The van der Waals surface area contributed by atoms with Crippen LogP contribution in [0.15, 0.2) is 115 Å². The van der Waals surface area contributed by atoms with Crippen LogP contribution in [0.2, 0.25) is 0 Å². The monoisotopic (exact) mass is 584 g/mol. The summed E-state index contributed by atoms with van der Waals surface area (Å²) in [7, 11) is -1.84. The Bertz CT molecular complexity index is 1100. The summed E-state index contributed by atoms with van der Waals surface area (Å²) >= 11 is 0. The second kappa shape index (κ2) is 14.3. The fraction of sp³-hybridized carbons (Fsp3) is 0.333. The summed E-state index contributed by atoms with van der Waals surface area (Å²) in [6.07, 6.45) is 12.2. The van der Waals surface area contributed by atoms with Gasteiger partial charge in [0.25, 0.3) is 0 Å². The van der Waals surface area contributed by atoms with Crippen molar-refractivity contribution in [1.29, 1.82) is 0 Å². The minimum Gasteiger partial charge on any atom is -1.00 e. The van der Waals surface area contributed by atoms with E-state index in [9.17, 15) is 0 Å². The molecule has 0 aromatic heterocycles. The van der Waals surface area contributed by atoms with Crippen LogP contribution in [0.1, 0.15) is 75.3 Å². The van der Waals surface area contributed by atoms with Gasteiger partial charge in [0, 0.05) is 0 Å². The number of hydrogen-bond acceptors (Lipinski definition) is 0. The van der Waals surface area contributed by atoms with Crippen molar-refractivity contribution in [3.63, 3.8) is 0 Å². The molecule has 0 spiro atoms. The second-order valence-corrected chi connectivity index (χ2v) is 14.4. The molecule has 0 aliphatic heterocycles. The predicted octanol–water partition coefficient (Wildman–Crippen LogP) is 6.04. The molecule has 0 atom stereocenters. The molecule has 4 aromatic carbocycles. The van der Waals surface area contributed by atoms with Gasteiger partial charge in [-0.05, 0) is 85.0 Å². The molecule has 1 aliphatic rings. The number of rotatable bonds is 10. The summed E-state index contributed by atoms with van der Waals surface area (Å²) in [5.41, 5.74) is 3.00. The molecule has 0 N–H and O–H groups in total.